The fraction of sp³-hybridized carbons (Fsp3) is 0.400. The van der Waals surface area contributed by atoms with Crippen LogP contribution in [0.4, 0.5) is 4.39 Å². The Labute approximate surface area is 118 Å². The van der Waals surface area contributed by atoms with Crippen LogP contribution >= 0.6 is 0 Å². The molecule has 0 spiro atoms. The van der Waals surface area contributed by atoms with Crippen molar-refractivity contribution in [1.82, 2.24) is 15.1 Å². The van der Waals surface area contributed by atoms with E-state index in [0.29, 0.717) is 18.7 Å². The zero-order valence-corrected chi connectivity index (χ0v) is 12.3. The maximum atomic E-state index is 14.0. The van der Waals surface area contributed by atoms with Crippen molar-refractivity contribution in [2.45, 2.75) is 26.9 Å². The van der Waals surface area contributed by atoms with E-state index in [1.807, 2.05) is 25.6 Å². The normalized spacial score (nSPS) is 10.8. The van der Waals surface area contributed by atoms with Crippen molar-refractivity contribution < 1.29 is 9.13 Å². The van der Waals surface area contributed by atoms with Crippen LogP contribution in [0, 0.1) is 19.7 Å². The van der Waals surface area contributed by atoms with E-state index in [-0.39, 0.29) is 11.6 Å². The Kier molecular flexibility index (Phi) is 4.39. The van der Waals surface area contributed by atoms with Gasteiger partial charge in [-0.15, -0.1) is 0 Å². The second-order valence-electron chi connectivity index (χ2n) is 4.81. The topological polar surface area (TPSA) is 39.1 Å². The number of nitrogens with one attached hydrogen (secondary N) is 1. The van der Waals surface area contributed by atoms with Gasteiger partial charge < -0.3 is 10.1 Å². The molecule has 5 heteroatoms. The molecule has 0 aliphatic rings. The van der Waals surface area contributed by atoms with E-state index >= 15 is 0 Å². The number of hydrogen-bond acceptors (Lipinski definition) is 3. The average Bonchev–Trinajstić information content (AvgIpc) is 2.67. The summed E-state index contributed by atoms with van der Waals surface area (Å²) in [6.07, 6.45) is 0. The monoisotopic (exact) mass is 277 g/mol. The summed E-state index contributed by atoms with van der Waals surface area (Å²) < 4.78 is 20.8. The van der Waals surface area contributed by atoms with E-state index in [9.17, 15) is 4.39 Å². The molecule has 108 valence electrons. The third kappa shape index (κ3) is 2.82. The lowest BCUT2D eigenvalue weighted by molar-refractivity contribution is 0.383. The molecule has 0 atom stereocenters. The van der Waals surface area contributed by atoms with Crippen molar-refractivity contribution in [3.8, 4) is 5.75 Å². The molecule has 20 heavy (non-hydrogen) atoms. The molecule has 2 aromatic rings. The molecule has 0 radical (unpaired) electrons. The van der Waals surface area contributed by atoms with E-state index in [1.54, 1.807) is 18.2 Å². The maximum Gasteiger partial charge on any atom is 0.169 e. The molecule has 0 aliphatic carbocycles. The summed E-state index contributed by atoms with van der Waals surface area (Å²) in [7, 11) is 3.39. The first-order valence-corrected chi connectivity index (χ1v) is 6.55. The predicted molar refractivity (Wildman–Crippen MR) is 76.2 cm³/mol. The van der Waals surface area contributed by atoms with Gasteiger partial charge in [-0.05, 0) is 19.9 Å². The highest BCUT2D eigenvalue weighted by atomic mass is 19.1. The van der Waals surface area contributed by atoms with E-state index in [2.05, 4.69) is 10.4 Å². The first kappa shape index (κ1) is 14.5. The minimum Gasteiger partial charge on any atom is -0.494 e. The fourth-order valence-corrected chi connectivity index (χ4v) is 2.25. The van der Waals surface area contributed by atoms with Crippen molar-refractivity contribution in [3.05, 3.63) is 46.5 Å². The highest BCUT2D eigenvalue weighted by Gasteiger charge is 2.10. The van der Waals surface area contributed by atoms with Crippen LogP contribution < -0.4 is 10.1 Å². The highest BCUT2D eigenvalue weighted by Crippen LogP contribution is 2.20. The van der Waals surface area contributed by atoms with Crippen LogP contribution in [0.5, 0.6) is 5.75 Å². The van der Waals surface area contributed by atoms with Crippen molar-refractivity contribution >= 4 is 0 Å². The summed E-state index contributed by atoms with van der Waals surface area (Å²) in [6.45, 7) is 5.14. The number of rotatable bonds is 5. The van der Waals surface area contributed by atoms with Crippen LogP contribution in [0.1, 0.15) is 22.5 Å². The van der Waals surface area contributed by atoms with Gasteiger partial charge in [0.05, 0.1) is 12.8 Å². The molecule has 1 aromatic heterocycles. The van der Waals surface area contributed by atoms with Gasteiger partial charge >= 0.3 is 0 Å². The second kappa shape index (κ2) is 6.05. The molecule has 0 fully saturated rings. The number of aryl methyl sites for hydroxylation is 2. The Bertz CT molecular complexity index is 607. The molecule has 2 rings (SSSR count). The Balaban J connectivity index is 2.03. The lowest BCUT2D eigenvalue weighted by atomic mass is 10.1. The largest absolute Gasteiger partial charge is 0.494 e. The van der Waals surface area contributed by atoms with Gasteiger partial charge in [0, 0.05) is 37.0 Å². The zero-order valence-electron chi connectivity index (χ0n) is 12.3. The molecule has 0 saturated carbocycles. The molecule has 0 unspecified atom stereocenters. The predicted octanol–water partition coefficient (Wildman–Crippen LogP) is 2.47. The summed E-state index contributed by atoms with van der Waals surface area (Å²) in [5.41, 5.74) is 3.89. The van der Waals surface area contributed by atoms with Crippen molar-refractivity contribution in [2.24, 2.45) is 7.05 Å². The van der Waals surface area contributed by atoms with E-state index in [0.717, 1.165) is 17.0 Å². The quantitative estimate of drug-likeness (QED) is 0.912. The first-order chi connectivity index (χ1) is 9.54. The van der Waals surface area contributed by atoms with E-state index in [1.165, 1.54) is 7.11 Å². The van der Waals surface area contributed by atoms with Crippen molar-refractivity contribution in [1.29, 1.82) is 0 Å². The number of methoxy groups -OCH3 is 1. The minimum absolute atomic E-state index is 0.276. The Morgan fingerprint density at radius 3 is 2.65 bits per heavy atom. The maximum absolute atomic E-state index is 14.0. The summed E-state index contributed by atoms with van der Waals surface area (Å²) in [4.78, 5) is 0. The van der Waals surface area contributed by atoms with Gasteiger partial charge in [0.1, 0.15) is 0 Å². The molecule has 0 aliphatic heterocycles. The van der Waals surface area contributed by atoms with E-state index < -0.39 is 0 Å². The van der Waals surface area contributed by atoms with Gasteiger partial charge in [0.15, 0.2) is 11.6 Å². The minimum atomic E-state index is -0.304. The van der Waals surface area contributed by atoms with Crippen LogP contribution in [-0.4, -0.2) is 16.9 Å². The number of benzene rings is 1. The van der Waals surface area contributed by atoms with Gasteiger partial charge in [0.2, 0.25) is 0 Å². The lowest BCUT2D eigenvalue weighted by Gasteiger charge is -2.09. The number of aromatic nitrogens is 2. The summed E-state index contributed by atoms with van der Waals surface area (Å²) in [5, 5.41) is 7.62. The molecule has 1 heterocycles. The van der Waals surface area contributed by atoms with Gasteiger partial charge in [-0.2, -0.15) is 5.10 Å². The zero-order chi connectivity index (χ0) is 14.7. The van der Waals surface area contributed by atoms with Crippen LogP contribution in [0.15, 0.2) is 18.2 Å². The molecular formula is C15H20FN3O. The first-order valence-electron chi connectivity index (χ1n) is 6.55. The van der Waals surface area contributed by atoms with Crippen molar-refractivity contribution in [3.63, 3.8) is 0 Å². The molecule has 0 amide bonds. The number of ether oxygens (including phenoxy) is 1. The number of halogens is 1. The van der Waals surface area contributed by atoms with Gasteiger partial charge in [-0.1, -0.05) is 12.1 Å². The fourth-order valence-electron chi connectivity index (χ4n) is 2.25. The summed E-state index contributed by atoms with van der Waals surface area (Å²) in [6, 6.07) is 5.17. The number of nitrogens with zero attached hydrogens (tertiary/aromatic N) is 2. The van der Waals surface area contributed by atoms with Crippen molar-refractivity contribution in [2.75, 3.05) is 7.11 Å². The Morgan fingerprint density at radius 2 is 2.05 bits per heavy atom. The third-order valence-corrected chi connectivity index (χ3v) is 3.54. The van der Waals surface area contributed by atoms with Gasteiger partial charge in [0.25, 0.3) is 0 Å². The Morgan fingerprint density at radius 1 is 1.30 bits per heavy atom. The third-order valence-electron chi connectivity index (χ3n) is 3.54. The van der Waals surface area contributed by atoms with Crippen LogP contribution in [0.2, 0.25) is 0 Å². The molecule has 1 aromatic carbocycles. The number of hydrogen-bond donors (Lipinski definition) is 1. The van der Waals surface area contributed by atoms with E-state index in [4.69, 9.17) is 4.74 Å². The summed E-state index contributed by atoms with van der Waals surface area (Å²) in [5.74, 6) is -0.0276. The van der Waals surface area contributed by atoms with Crippen LogP contribution in [-0.2, 0) is 20.1 Å². The second-order valence-corrected chi connectivity index (χ2v) is 4.81. The smallest absolute Gasteiger partial charge is 0.169 e. The summed E-state index contributed by atoms with van der Waals surface area (Å²) >= 11 is 0. The van der Waals surface area contributed by atoms with Crippen LogP contribution in [0.25, 0.3) is 0 Å². The SMILES string of the molecule is COc1cccc(CNCc2c(C)nn(C)c2C)c1F. The van der Waals surface area contributed by atoms with Gasteiger partial charge in [-0.25, -0.2) is 4.39 Å². The lowest BCUT2D eigenvalue weighted by Crippen LogP contribution is -2.15. The molecule has 1 N–H and O–H groups in total. The van der Waals surface area contributed by atoms with Gasteiger partial charge in [-0.3, -0.25) is 4.68 Å². The molecule has 0 bridgehead atoms. The average molecular weight is 277 g/mol. The molecule has 4 nitrogen and oxygen atoms in total. The highest BCUT2D eigenvalue weighted by molar-refractivity contribution is 5.31. The standard InChI is InChI=1S/C15H20FN3O/c1-10-13(11(2)19(3)18-10)9-17-8-12-6-5-7-14(20-4)15(12)16/h5-7,17H,8-9H2,1-4H3. The Hall–Kier alpha value is -1.88. The molecular weight excluding hydrogens is 257 g/mol. The van der Waals surface area contributed by atoms with Crippen LogP contribution in [0.3, 0.4) is 0 Å². The molecule has 0 saturated heterocycles.